The van der Waals surface area contributed by atoms with Crippen LogP contribution in [-0.4, -0.2) is 28.2 Å². The molecular weight excluding hydrogens is 473 g/mol. The summed E-state index contributed by atoms with van der Waals surface area (Å²) in [5.41, 5.74) is 2.45. The Hall–Kier alpha value is -2.54. The summed E-state index contributed by atoms with van der Waals surface area (Å²) < 4.78 is 17.2. The van der Waals surface area contributed by atoms with Crippen LogP contribution in [0.1, 0.15) is 36.1 Å². The highest BCUT2D eigenvalue weighted by atomic mass is 35.5. The number of oxazole rings is 1. The minimum Gasteiger partial charge on any atom is -0.496 e. The summed E-state index contributed by atoms with van der Waals surface area (Å²) in [5.74, 6) is 3.06. The molecule has 32 heavy (non-hydrogen) atoms. The summed E-state index contributed by atoms with van der Waals surface area (Å²) >= 11 is 18.2. The lowest BCUT2D eigenvalue weighted by atomic mass is 9.94. The molecular formula is C23H20Cl3N3O3. The molecule has 4 aromatic rings. The van der Waals surface area contributed by atoms with Crippen molar-refractivity contribution < 1.29 is 13.6 Å². The minimum atomic E-state index is -0.150. The van der Waals surface area contributed by atoms with Crippen LogP contribution >= 0.6 is 34.8 Å². The van der Waals surface area contributed by atoms with Crippen LogP contribution < -0.4 is 4.74 Å². The van der Waals surface area contributed by atoms with Gasteiger partial charge in [-0.2, -0.15) is 0 Å². The Morgan fingerprint density at radius 1 is 1.03 bits per heavy atom. The molecule has 0 bridgehead atoms. The number of aromatic nitrogens is 3. The highest BCUT2D eigenvalue weighted by Gasteiger charge is 2.23. The first-order chi connectivity index (χ1) is 15.5. The normalized spacial score (nSPS) is 12.2. The van der Waals surface area contributed by atoms with E-state index in [4.69, 9.17) is 48.4 Å². The Balaban J connectivity index is 1.67. The fraction of sp³-hybridized carbons (Fsp3) is 0.261. The van der Waals surface area contributed by atoms with E-state index in [1.165, 1.54) is 0 Å². The van der Waals surface area contributed by atoms with Gasteiger partial charge in [0.05, 0.1) is 34.8 Å². The zero-order valence-electron chi connectivity index (χ0n) is 17.4. The van der Waals surface area contributed by atoms with E-state index < -0.39 is 0 Å². The molecule has 2 heterocycles. The van der Waals surface area contributed by atoms with Crippen LogP contribution in [0.25, 0.3) is 22.8 Å². The molecule has 0 aliphatic carbocycles. The first-order valence-electron chi connectivity index (χ1n) is 9.95. The molecule has 0 radical (unpaired) electrons. The van der Waals surface area contributed by atoms with Crippen LogP contribution in [0.4, 0.5) is 0 Å². The second kappa shape index (κ2) is 9.94. The molecule has 0 spiro atoms. The zero-order chi connectivity index (χ0) is 22.7. The topological polar surface area (TPSA) is 74.2 Å². The number of rotatable bonds is 8. The van der Waals surface area contributed by atoms with E-state index in [1.54, 1.807) is 26.3 Å². The molecule has 0 fully saturated rings. The van der Waals surface area contributed by atoms with Gasteiger partial charge in [0.1, 0.15) is 5.75 Å². The number of ether oxygens (including phenoxy) is 1. The van der Waals surface area contributed by atoms with Crippen molar-refractivity contribution in [2.75, 3.05) is 13.0 Å². The third-order valence-corrected chi connectivity index (χ3v) is 6.05. The van der Waals surface area contributed by atoms with Crippen molar-refractivity contribution >= 4 is 34.8 Å². The molecule has 166 valence electrons. The molecule has 1 atom stereocenters. The number of hydrogen-bond donors (Lipinski definition) is 0. The number of benzene rings is 2. The van der Waals surface area contributed by atoms with E-state index in [0.29, 0.717) is 45.1 Å². The Morgan fingerprint density at radius 2 is 1.88 bits per heavy atom. The van der Waals surface area contributed by atoms with Gasteiger partial charge in [0, 0.05) is 18.4 Å². The lowest BCUT2D eigenvalue weighted by molar-refractivity contribution is 0.414. The zero-order valence-corrected chi connectivity index (χ0v) is 19.7. The summed E-state index contributed by atoms with van der Waals surface area (Å²) in [4.78, 5) is 4.15. The molecule has 9 heteroatoms. The van der Waals surface area contributed by atoms with Crippen molar-refractivity contribution in [3.63, 3.8) is 0 Å². The van der Waals surface area contributed by atoms with Crippen molar-refractivity contribution in [2.45, 2.75) is 25.7 Å². The van der Waals surface area contributed by atoms with Gasteiger partial charge in [-0.3, -0.25) is 0 Å². The Bertz CT molecular complexity index is 1220. The average Bonchev–Trinajstić information content (AvgIpc) is 3.45. The third kappa shape index (κ3) is 4.77. The standard InChI is InChI=1S/C23H20Cl3N3O3/c1-13-27-12-21(31-13)17-7-5-15(11-20(17)30-2)22-28-29-23(32-22)16(4-3-9-24)14-6-8-18(25)19(26)10-14/h5-8,10-12,16H,3-4,9H2,1-2H3. The fourth-order valence-corrected chi connectivity index (χ4v) is 3.91. The van der Waals surface area contributed by atoms with Gasteiger partial charge in [0.2, 0.25) is 11.8 Å². The van der Waals surface area contributed by atoms with Gasteiger partial charge in [0.25, 0.3) is 0 Å². The lowest BCUT2D eigenvalue weighted by Gasteiger charge is -2.13. The lowest BCUT2D eigenvalue weighted by Crippen LogP contribution is -2.02. The van der Waals surface area contributed by atoms with Crippen LogP contribution in [0.2, 0.25) is 10.0 Å². The quantitative estimate of drug-likeness (QED) is 0.243. The first kappa shape index (κ1) is 22.6. The highest BCUT2D eigenvalue weighted by Crippen LogP contribution is 2.37. The molecule has 2 aromatic carbocycles. The second-order valence-corrected chi connectivity index (χ2v) is 8.35. The molecule has 0 saturated heterocycles. The van der Waals surface area contributed by atoms with Crippen molar-refractivity contribution in [1.29, 1.82) is 0 Å². The SMILES string of the molecule is COc1cc(-c2nnc(C(CCCCl)c3ccc(Cl)c(Cl)c3)o2)ccc1-c1cnc(C)o1. The fourth-order valence-electron chi connectivity index (χ4n) is 3.45. The van der Waals surface area contributed by atoms with E-state index in [2.05, 4.69) is 15.2 Å². The van der Waals surface area contributed by atoms with Gasteiger partial charge in [-0.1, -0.05) is 29.3 Å². The van der Waals surface area contributed by atoms with Crippen molar-refractivity contribution in [2.24, 2.45) is 0 Å². The average molecular weight is 493 g/mol. The van der Waals surface area contributed by atoms with Crippen molar-refractivity contribution in [3.8, 4) is 28.5 Å². The number of methoxy groups -OCH3 is 1. The van der Waals surface area contributed by atoms with Gasteiger partial charge in [0.15, 0.2) is 11.7 Å². The number of nitrogens with zero attached hydrogens (tertiary/aromatic N) is 3. The summed E-state index contributed by atoms with van der Waals surface area (Å²) in [6.07, 6.45) is 3.18. The second-order valence-electron chi connectivity index (χ2n) is 7.16. The van der Waals surface area contributed by atoms with Gasteiger partial charge in [-0.15, -0.1) is 21.8 Å². The van der Waals surface area contributed by atoms with Crippen LogP contribution in [-0.2, 0) is 0 Å². The maximum Gasteiger partial charge on any atom is 0.247 e. The predicted molar refractivity (Wildman–Crippen MR) is 125 cm³/mol. The van der Waals surface area contributed by atoms with Crippen molar-refractivity contribution in [1.82, 2.24) is 15.2 Å². The predicted octanol–water partition coefficient (Wildman–Crippen LogP) is 7.17. The first-order valence-corrected chi connectivity index (χ1v) is 11.2. The molecule has 4 rings (SSSR count). The van der Waals surface area contributed by atoms with Gasteiger partial charge < -0.3 is 13.6 Å². The third-order valence-electron chi connectivity index (χ3n) is 5.05. The number of hydrogen-bond acceptors (Lipinski definition) is 6. The van der Waals surface area contributed by atoms with Crippen LogP contribution in [0.5, 0.6) is 5.75 Å². The molecule has 0 saturated carbocycles. The number of aryl methyl sites for hydroxylation is 1. The van der Waals surface area contributed by atoms with Gasteiger partial charge in [-0.25, -0.2) is 4.98 Å². The van der Waals surface area contributed by atoms with E-state index in [0.717, 1.165) is 29.5 Å². The molecule has 1 unspecified atom stereocenters. The maximum absolute atomic E-state index is 6.23. The van der Waals surface area contributed by atoms with E-state index in [-0.39, 0.29) is 5.92 Å². The van der Waals surface area contributed by atoms with Gasteiger partial charge >= 0.3 is 0 Å². The smallest absolute Gasteiger partial charge is 0.247 e. The summed E-state index contributed by atoms with van der Waals surface area (Å²) in [6.45, 7) is 1.79. The minimum absolute atomic E-state index is 0.150. The van der Waals surface area contributed by atoms with E-state index in [9.17, 15) is 0 Å². The Kier molecular flexibility index (Phi) is 7.04. The molecule has 6 nitrogen and oxygen atoms in total. The largest absolute Gasteiger partial charge is 0.496 e. The summed E-state index contributed by atoms with van der Waals surface area (Å²) in [7, 11) is 1.59. The van der Waals surface area contributed by atoms with E-state index in [1.807, 2.05) is 30.3 Å². The van der Waals surface area contributed by atoms with Crippen LogP contribution in [0.3, 0.4) is 0 Å². The molecule has 0 aliphatic heterocycles. The van der Waals surface area contributed by atoms with E-state index >= 15 is 0 Å². The van der Waals surface area contributed by atoms with Crippen LogP contribution in [0, 0.1) is 6.92 Å². The summed E-state index contributed by atoms with van der Waals surface area (Å²) in [6, 6.07) is 11.1. The summed E-state index contributed by atoms with van der Waals surface area (Å²) in [5, 5.41) is 9.54. The van der Waals surface area contributed by atoms with Crippen molar-refractivity contribution in [3.05, 3.63) is 70.0 Å². The number of alkyl halides is 1. The van der Waals surface area contributed by atoms with Crippen LogP contribution in [0.15, 0.2) is 51.4 Å². The molecule has 0 amide bonds. The Morgan fingerprint density at radius 3 is 2.56 bits per heavy atom. The highest BCUT2D eigenvalue weighted by molar-refractivity contribution is 6.42. The number of halogens is 3. The van der Waals surface area contributed by atoms with Gasteiger partial charge in [-0.05, 0) is 48.7 Å². The monoisotopic (exact) mass is 491 g/mol. The maximum atomic E-state index is 6.23. The molecule has 0 aliphatic rings. The Labute approximate surface area is 200 Å². The molecule has 2 aromatic heterocycles. The molecule has 0 N–H and O–H groups in total.